The summed E-state index contributed by atoms with van der Waals surface area (Å²) in [6, 6.07) is 7.95. The van der Waals surface area contributed by atoms with Crippen LogP contribution in [0.25, 0.3) is 10.9 Å². The number of benzene rings is 1. The standard InChI is InChI=1S/C19H24N6O/c1-24-9-5-6-13(18(24)16-11-20-12-25(16)2)10-21-19(26)17-14-7-3-4-8-15(14)22-23-17/h3-4,7-8,11-13,18H,5-6,9-10H2,1-2H3,(H,21,26)(H,22,23)/t13-,18+/m0/s1. The number of amides is 1. The lowest BCUT2D eigenvalue weighted by Crippen LogP contribution is -2.42. The average Bonchev–Trinajstić information content (AvgIpc) is 3.26. The second-order valence-electron chi connectivity index (χ2n) is 7.08. The van der Waals surface area contributed by atoms with Gasteiger partial charge in [-0.05, 0) is 38.4 Å². The Bertz CT molecular complexity index is 914. The first-order valence-corrected chi connectivity index (χ1v) is 9.03. The van der Waals surface area contributed by atoms with Gasteiger partial charge in [-0.3, -0.25) is 14.8 Å². The van der Waals surface area contributed by atoms with Gasteiger partial charge in [0.1, 0.15) is 0 Å². The summed E-state index contributed by atoms with van der Waals surface area (Å²) in [5.41, 5.74) is 2.53. The van der Waals surface area contributed by atoms with Crippen molar-refractivity contribution >= 4 is 16.8 Å². The highest BCUT2D eigenvalue weighted by Crippen LogP contribution is 2.34. The molecular weight excluding hydrogens is 328 g/mol. The Labute approximate surface area is 152 Å². The number of hydrogen-bond donors (Lipinski definition) is 2. The van der Waals surface area contributed by atoms with Gasteiger partial charge in [-0.15, -0.1) is 0 Å². The van der Waals surface area contributed by atoms with Gasteiger partial charge in [0.05, 0.1) is 23.6 Å². The van der Waals surface area contributed by atoms with E-state index in [1.165, 1.54) is 5.69 Å². The van der Waals surface area contributed by atoms with Gasteiger partial charge in [0.2, 0.25) is 0 Å². The zero-order chi connectivity index (χ0) is 18.1. The molecule has 0 unspecified atom stereocenters. The maximum absolute atomic E-state index is 12.7. The molecule has 136 valence electrons. The van der Waals surface area contributed by atoms with Crippen LogP contribution >= 0.6 is 0 Å². The molecule has 1 aliphatic rings. The molecule has 2 aromatic heterocycles. The third kappa shape index (κ3) is 2.99. The van der Waals surface area contributed by atoms with E-state index in [2.05, 4.69) is 37.0 Å². The van der Waals surface area contributed by atoms with Gasteiger partial charge in [0, 0.05) is 25.2 Å². The quantitative estimate of drug-likeness (QED) is 0.754. The van der Waals surface area contributed by atoms with Crippen molar-refractivity contribution in [3.05, 3.63) is 48.2 Å². The molecule has 1 fully saturated rings. The van der Waals surface area contributed by atoms with Gasteiger partial charge in [-0.25, -0.2) is 4.98 Å². The lowest BCUT2D eigenvalue weighted by Gasteiger charge is -2.39. The summed E-state index contributed by atoms with van der Waals surface area (Å²) < 4.78 is 2.07. The molecule has 26 heavy (non-hydrogen) atoms. The number of likely N-dealkylation sites (tertiary alicyclic amines) is 1. The Morgan fingerprint density at radius 3 is 3.00 bits per heavy atom. The van der Waals surface area contributed by atoms with Crippen molar-refractivity contribution < 1.29 is 4.79 Å². The van der Waals surface area contributed by atoms with Gasteiger partial charge < -0.3 is 9.88 Å². The first-order chi connectivity index (χ1) is 12.6. The smallest absolute Gasteiger partial charge is 0.272 e. The first kappa shape index (κ1) is 16.8. The monoisotopic (exact) mass is 352 g/mol. The highest BCUT2D eigenvalue weighted by atomic mass is 16.1. The zero-order valence-corrected chi connectivity index (χ0v) is 15.1. The minimum atomic E-state index is -0.126. The second-order valence-corrected chi connectivity index (χ2v) is 7.08. The molecular formula is C19H24N6O. The number of H-pyrrole nitrogens is 1. The summed E-state index contributed by atoms with van der Waals surface area (Å²) in [5.74, 6) is 0.220. The predicted octanol–water partition coefficient (Wildman–Crippen LogP) is 2.11. The molecule has 2 atom stereocenters. The lowest BCUT2D eigenvalue weighted by atomic mass is 9.87. The maximum atomic E-state index is 12.7. The molecule has 0 radical (unpaired) electrons. The zero-order valence-electron chi connectivity index (χ0n) is 15.1. The number of imidazole rings is 1. The van der Waals surface area contributed by atoms with Crippen LogP contribution in [0, 0.1) is 5.92 Å². The van der Waals surface area contributed by atoms with Crippen molar-refractivity contribution in [2.24, 2.45) is 13.0 Å². The van der Waals surface area contributed by atoms with Crippen LogP contribution < -0.4 is 5.32 Å². The van der Waals surface area contributed by atoms with Crippen molar-refractivity contribution in [1.82, 2.24) is 30.0 Å². The van der Waals surface area contributed by atoms with Crippen LogP contribution in [0.4, 0.5) is 0 Å². The van der Waals surface area contributed by atoms with Crippen molar-refractivity contribution in [3.63, 3.8) is 0 Å². The normalized spacial score (nSPS) is 21.2. The molecule has 0 bridgehead atoms. The van der Waals surface area contributed by atoms with Gasteiger partial charge in [0.15, 0.2) is 5.69 Å². The van der Waals surface area contributed by atoms with Crippen molar-refractivity contribution in [2.45, 2.75) is 18.9 Å². The van der Waals surface area contributed by atoms with Crippen molar-refractivity contribution in [3.8, 4) is 0 Å². The van der Waals surface area contributed by atoms with E-state index in [1.807, 2.05) is 43.8 Å². The lowest BCUT2D eigenvalue weighted by molar-refractivity contribution is 0.0879. The number of rotatable bonds is 4. The number of nitrogens with one attached hydrogen (secondary N) is 2. The number of carbonyl (C=O) groups excluding carboxylic acids is 1. The largest absolute Gasteiger partial charge is 0.350 e. The Kier molecular flexibility index (Phi) is 4.46. The molecule has 2 N–H and O–H groups in total. The maximum Gasteiger partial charge on any atom is 0.272 e. The van der Waals surface area contributed by atoms with Crippen LogP contribution in [-0.4, -0.2) is 50.7 Å². The number of para-hydroxylation sites is 1. The van der Waals surface area contributed by atoms with Gasteiger partial charge in [0.25, 0.3) is 5.91 Å². The fraction of sp³-hybridized carbons (Fsp3) is 0.421. The molecule has 4 rings (SSSR count). The fourth-order valence-corrected chi connectivity index (χ4v) is 4.04. The van der Waals surface area contributed by atoms with E-state index in [0.29, 0.717) is 18.2 Å². The molecule has 1 amide bonds. The van der Waals surface area contributed by atoms with Crippen molar-refractivity contribution in [2.75, 3.05) is 20.1 Å². The molecule has 7 nitrogen and oxygen atoms in total. The highest BCUT2D eigenvalue weighted by Gasteiger charge is 2.32. The summed E-state index contributed by atoms with van der Waals surface area (Å²) in [4.78, 5) is 19.3. The number of carbonyl (C=O) groups is 1. The van der Waals surface area contributed by atoms with Crippen LogP contribution in [-0.2, 0) is 7.05 Å². The molecule has 1 aromatic carbocycles. The van der Waals surface area contributed by atoms with Crippen molar-refractivity contribution in [1.29, 1.82) is 0 Å². The summed E-state index contributed by atoms with van der Waals surface area (Å²) in [6.07, 6.45) is 5.99. The molecule has 1 aliphatic heterocycles. The predicted molar refractivity (Wildman–Crippen MR) is 99.7 cm³/mol. The third-order valence-electron chi connectivity index (χ3n) is 5.37. The van der Waals surface area contributed by atoms with Gasteiger partial charge in [-0.2, -0.15) is 5.10 Å². The van der Waals surface area contributed by atoms with Crippen LogP contribution in [0.1, 0.15) is 35.1 Å². The number of aryl methyl sites for hydroxylation is 1. The Balaban J connectivity index is 1.50. The summed E-state index contributed by atoms with van der Waals surface area (Å²) in [5, 5.41) is 11.1. The Morgan fingerprint density at radius 1 is 1.35 bits per heavy atom. The topological polar surface area (TPSA) is 78.8 Å². The minimum absolute atomic E-state index is 0.126. The number of fused-ring (bicyclic) bond motifs is 1. The minimum Gasteiger partial charge on any atom is -0.350 e. The number of aromatic nitrogens is 4. The molecule has 0 saturated carbocycles. The SMILES string of the molecule is CN1CCC[C@@H](CNC(=O)c2n[nH]c3ccccc23)[C@@H]1c1cncn1C. The summed E-state index contributed by atoms with van der Waals surface area (Å²) in [6.45, 7) is 1.69. The fourth-order valence-electron chi connectivity index (χ4n) is 4.04. The van der Waals surface area contributed by atoms with E-state index >= 15 is 0 Å². The van der Waals surface area contributed by atoms with Gasteiger partial charge >= 0.3 is 0 Å². The average molecular weight is 352 g/mol. The molecule has 7 heteroatoms. The van der Waals surface area contributed by atoms with E-state index in [-0.39, 0.29) is 11.9 Å². The van der Waals surface area contributed by atoms with Crippen LogP contribution in [0.3, 0.4) is 0 Å². The molecule has 0 spiro atoms. The number of piperidine rings is 1. The van der Waals surface area contributed by atoms with E-state index in [4.69, 9.17) is 0 Å². The molecule has 0 aliphatic carbocycles. The highest BCUT2D eigenvalue weighted by molar-refractivity contribution is 6.04. The second kappa shape index (κ2) is 6.92. The van der Waals surface area contributed by atoms with E-state index in [1.54, 1.807) is 0 Å². The molecule has 3 heterocycles. The van der Waals surface area contributed by atoms with E-state index in [9.17, 15) is 4.79 Å². The number of aromatic amines is 1. The molecule has 1 saturated heterocycles. The van der Waals surface area contributed by atoms with Crippen LogP contribution in [0.5, 0.6) is 0 Å². The Morgan fingerprint density at radius 2 is 2.19 bits per heavy atom. The van der Waals surface area contributed by atoms with Gasteiger partial charge in [-0.1, -0.05) is 18.2 Å². The van der Waals surface area contributed by atoms with E-state index in [0.717, 1.165) is 30.3 Å². The summed E-state index contributed by atoms with van der Waals surface area (Å²) >= 11 is 0. The summed E-state index contributed by atoms with van der Waals surface area (Å²) in [7, 11) is 4.17. The third-order valence-corrected chi connectivity index (χ3v) is 5.37. The van der Waals surface area contributed by atoms with Crippen LogP contribution in [0.2, 0.25) is 0 Å². The number of hydrogen-bond acceptors (Lipinski definition) is 4. The first-order valence-electron chi connectivity index (χ1n) is 9.03. The van der Waals surface area contributed by atoms with E-state index < -0.39 is 0 Å². The number of nitrogens with zero attached hydrogens (tertiary/aromatic N) is 4. The molecule has 3 aromatic rings. The Hall–Kier alpha value is -2.67. The van der Waals surface area contributed by atoms with Crippen LogP contribution in [0.15, 0.2) is 36.8 Å².